The van der Waals surface area contributed by atoms with Gasteiger partial charge >= 0.3 is 129 Å². The molecule has 0 aromatic carbocycles. The number of ether oxygens (including phenoxy) is 1. The van der Waals surface area contributed by atoms with Crippen LogP contribution in [0.4, 0.5) is 0 Å². The fourth-order valence-corrected chi connectivity index (χ4v) is 14.1. The fourth-order valence-electron chi connectivity index (χ4n) is 3.06. The van der Waals surface area contributed by atoms with Crippen LogP contribution in [0.25, 0.3) is 0 Å². The molecular formula is C15H31NO3Sn. The third-order valence-corrected chi connectivity index (χ3v) is 14.8. The van der Waals surface area contributed by atoms with Gasteiger partial charge in [0, 0.05) is 0 Å². The molecule has 0 bridgehead atoms. The van der Waals surface area contributed by atoms with Crippen LogP contribution < -0.4 is 0 Å². The van der Waals surface area contributed by atoms with E-state index in [-0.39, 0.29) is 0 Å². The van der Waals surface area contributed by atoms with Gasteiger partial charge in [-0.2, -0.15) is 0 Å². The van der Waals surface area contributed by atoms with Gasteiger partial charge in [-0.25, -0.2) is 0 Å². The second-order valence-corrected chi connectivity index (χ2v) is 15.6. The molecular weight excluding hydrogens is 361 g/mol. The van der Waals surface area contributed by atoms with Gasteiger partial charge in [0.25, 0.3) is 0 Å². The molecule has 2 heterocycles. The summed E-state index contributed by atoms with van der Waals surface area (Å²) >= 11 is -2.69. The Labute approximate surface area is 129 Å². The summed E-state index contributed by atoms with van der Waals surface area (Å²) in [7, 11) is 0. The Bertz CT molecular complexity index is 264. The van der Waals surface area contributed by atoms with Crippen LogP contribution in [-0.4, -0.2) is 69.7 Å². The summed E-state index contributed by atoms with van der Waals surface area (Å²) in [6, 6.07) is 0. The number of nitrogens with zero attached hydrogens (tertiary/aromatic N) is 1. The SMILES string of the molecule is CCC[CH2][Sn]1([CH2]CCC)[O]C[C@@H](CN2CCOCC2)[O]1. The predicted molar refractivity (Wildman–Crippen MR) is 83.3 cm³/mol. The molecule has 2 saturated heterocycles. The van der Waals surface area contributed by atoms with Crippen LogP contribution in [0.2, 0.25) is 8.87 Å². The molecule has 118 valence electrons. The summed E-state index contributed by atoms with van der Waals surface area (Å²) < 4.78 is 20.8. The van der Waals surface area contributed by atoms with E-state index < -0.39 is 19.2 Å². The summed E-state index contributed by atoms with van der Waals surface area (Å²) in [5.74, 6) is 0. The first-order valence-electron chi connectivity index (χ1n) is 8.40. The fraction of sp³-hybridized carbons (Fsp3) is 1.00. The van der Waals surface area contributed by atoms with Gasteiger partial charge in [0.15, 0.2) is 0 Å². The first kappa shape index (κ1) is 17.0. The minimum absolute atomic E-state index is 0.331. The molecule has 0 aromatic heterocycles. The Hall–Kier alpha value is 0.639. The molecule has 2 fully saturated rings. The molecule has 0 unspecified atom stereocenters. The Balaban J connectivity index is 1.81. The van der Waals surface area contributed by atoms with E-state index in [9.17, 15) is 0 Å². The van der Waals surface area contributed by atoms with Crippen LogP contribution >= 0.6 is 0 Å². The molecule has 20 heavy (non-hydrogen) atoms. The van der Waals surface area contributed by atoms with Crippen molar-refractivity contribution in [1.29, 1.82) is 0 Å². The van der Waals surface area contributed by atoms with Gasteiger partial charge in [-0.05, 0) is 0 Å². The van der Waals surface area contributed by atoms with E-state index >= 15 is 0 Å². The summed E-state index contributed by atoms with van der Waals surface area (Å²) in [6.07, 6.45) is 5.41. The number of rotatable bonds is 8. The second kappa shape index (κ2) is 8.93. The van der Waals surface area contributed by atoms with Gasteiger partial charge in [-0.15, -0.1) is 0 Å². The van der Waals surface area contributed by atoms with Crippen LogP contribution in [0.1, 0.15) is 39.5 Å². The molecule has 0 amide bonds. The van der Waals surface area contributed by atoms with Crippen molar-refractivity contribution in [1.82, 2.24) is 4.90 Å². The Morgan fingerprint density at radius 3 is 2.30 bits per heavy atom. The van der Waals surface area contributed by atoms with Crippen molar-refractivity contribution in [2.24, 2.45) is 0 Å². The monoisotopic (exact) mass is 393 g/mol. The molecule has 0 N–H and O–H groups in total. The topological polar surface area (TPSA) is 30.9 Å². The van der Waals surface area contributed by atoms with Crippen molar-refractivity contribution in [3.8, 4) is 0 Å². The van der Waals surface area contributed by atoms with E-state index in [1.165, 1.54) is 34.6 Å². The van der Waals surface area contributed by atoms with Gasteiger partial charge in [0.1, 0.15) is 0 Å². The maximum absolute atomic E-state index is 6.56. The van der Waals surface area contributed by atoms with Crippen molar-refractivity contribution in [3.63, 3.8) is 0 Å². The molecule has 0 radical (unpaired) electrons. The molecule has 2 aliphatic rings. The molecule has 0 aromatic rings. The van der Waals surface area contributed by atoms with Crippen molar-refractivity contribution < 1.29 is 10.9 Å². The maximum atomic E-state index is 6.56. The van der Waals surface area contributed by atoms with Crippen LogP contribution in [0.15, 0.2) is 0 Å². The van der Waals surface area contributed by atoms with Crippen LogP contribution in [0, 0.1) is 0 Å². The third kappa shape index (κ3) is 5.12. The standard InChI is InChI=1S/C7H13NO3.2C4H9.Sn/c9-6-7(10)5-8-1-3-11-4-2-8;2*1-3-4-2;/h7H,1-6H2;2*1,3-4H2,2H3;/q-2;;;+2/t7-;;;/m1.../s1. The van der Waals surface area contributed by atoms with E-state index in [0.717, 1.165) is 39.5 Å². The predicted octanol–water partition coefficient (Wildman–Crippen LogP) is 2.78. The molecule has 2 rings (SSSR count). The summed E-state index contributed by atoms with van der Waals surface area (Å²) in [5, 5.41) is 0. The van der Waals surface area contributed by atoms with Crippen molar-refractivity contribution >= 4 is 19.2 Å². The molecule has 0 saturated carbocycles. The Kier molecular flexibility index (Phi) is 7.59. The normalized spacial score (nSPS) is 27.0. The summed E-state index contributed by atoms with van der Waals surface area (Å²) in [6.45, 7) is 10.3. The van der Waals surface area contributed by atoms with Crippen LogP contribution in [-0.2, 0) is 10.9 Å². The molecule has 4 nitrogen and oxygen atoms in total. The number of morpholine rings is 1. The second-order valence-electron chi connectivity index (χ2n) is 6.08. The van der Waals surface area contributed by atoms with E-state index in [4.69, 9.17) is 10.9 Å². The average molecular weight is 392 g/mol. The van der Waals surface area contributed by atoms with Crippen molar-refractivity contribution in [2.75, 3.05) is 39.5 Å². The molecule has 1 atom stereocenters. The van der Waals surface area contributed by atoms with Gasteiger partial charge < -0.3 is 0 Å². The van der Waals surface area contributed by atoms with E-state index in [1.54, 1.807) is 0 Å². The zero-order valence-electron chi connectivity index (χ0n) is 13.2. The molecule has 0 aliphatic carbocycles. The van der Waals surface area contributed by atoms with Gasteiger partial charge in [0.2, 0.25) is 0 Å². The number of hydrogen-bond acceptors (Lipinski definition) is 4. The molecule has 0 spiro atoms. The van der Waals surface area contributed by atoms with Gasteiger partial charge in [0.05, 0.1) is 0 Å². The quantitative estimate of drug-likeness (QED) is 0.595. The van der Waals surface area contributed by atoms with Crippen LogP contribution in [0.3, 0.4) is 0 Å². The first-order chi connectivity index (χ1) is 9.78. The number of unbranched alkanes of at least 4 members (excludes halogenated alkanes) is 2. The molecule has 5 heteroatoms. The average Bonchev–Trinajstić information content (AvgIpc) is 2.88. The summed E-state index contributed by atoms with van der Waals surface area (Å²) in [4.78, 5) is 2.47. The minimum atomic E-state index is -2.69. The zero-order chi connectivity index (χ0) is 14.3. The Morgan fingerprint density at radius 2 is 1.70 bits per heavy atom. The first-order valence-corrected chi connectivity index (χ1v) is 14.8. The van der Waals surface area contributed by atoms with E-state index in [1.807, 2.05) is 0 Å². The van der Waals surface area contributed by atoms with Gasteiger partial charge in [-0.3, -0.25) is 0 Å². The third-order valence-electron chi connectivity index (χ3n) is 4.30. The number of hydrogen-bond donors (Lipinski definition) is 0. The van der Waals surface area contributed by atoms with Crippen molar-refractivity contribution in [3.05, 3.63) is 0 Å². The summed E-state index contributed by atoms with van der Waals surface area (Å²) in [5.41, 5.74) is 0. The van der Waals surface area contributed by atoms with Crippen molar-refractivity contribution in [2.45, 2.75) is 54.5 Å². The van der Waals surface area contributed by atoms with Crippen LogP contribution in [0.5, 0.6) is 0 Å². The Morgan fingerprint density at radius 1 is 1.05 bits per heavy atom. The van der Waals surface area contributed by atoms with E-state index in [2.05, 4.69) is 18.7 Å². The molecule has 2 aliphatic heterocycles. The van der Waals surface area contributed by atoms with Gasteiger partial charge in [-0.1, -0.05) is 0 Å². The van der Waals surface area contributed by atoms with E-state index in [0.29, 0.717) is 6.10 Å². The zero-order valence-corrected chi connectivity index (χ0v) is 16.1.